The van der Waals surface area contributed by atoms with Crippen molar-refractivity contribution < 1.29 is 4.39 Å². The first-order valence-electron chi connectivity index (χ1n) is 5.18. The third kappa shape index (κ3) is 2.24. The second-order valence-corrected chi connectivity index (χ2v) is 3.85. The van der Waals surface area contributed by atoms with Gasteiger partial charge in [-0.2, -0.15) is 0 Å². The van der Waals surface area contributed by atoms with Gasteiger partial charge in [-0.05, 0) is 37.1 Å². The Morgan fingerprint density at radius 1 is 1.25 bits per heavy atom. The number of hydrogen-bond donors (Lipinski definition) is 0. The minimum atomic E-state index is -0.258. The van der Waals surface area contributed by atoms with Gasteiger partial charge in [-0.15, -0.1) is 0 Å². The summed E-state index contributed by atoms with van der Waals surface area (Å²) < 4.78 is 13.3. The Bertz CT molecular complexity index is 509. The second kappa shape index (κ2) is 4.39. The summed E-state index contributed by atoms with van der Waals surface area (Å²) in [6, 6.07) is 5.42. The first-order chi connectivity index (χ1) is 7.66. The molecule has 2 heterocycles. The maximum absolute atomic E-state index is 13.3. The summed E-state index contributed by atoms with van der Waals surface area (Å²) in [6.45, 7) is 3.66. The van der Waals surface area contributed by atoms with Gasteiger partial charge in [0.15, 0.2) is 0 Å². The third-order valence-corrected chi connectivity index (χ3v) is 2.57. The molecule has 3 heteroatoms. The average Bonchev–Trinajstić information content (AvgIpc) is 2.27. The van der Waals surface area contributed by atoms with E-state index in [0.29, 0.717) is 12.1 Å². The lowest BCUT2D eigenvalue weighted by atomic mass is 10.1. The highest BCUT2D eigenvalue weighted by atomic mass is 19.1. The Labute approximate surface area is 94.2 Å². The first-order valence-corrected chi connectivity index (χ1v) is 5.18. The highest BCUT2D eigenvalue weighted by Crippen LogP contribution is 2.12. The summed E-state index contributed by atoms with van der Waals surface area (Å²) in [6.07, 6.45) is 4.07. The summed E-state index contributed by atoms with van der Waals surface area (Å²) in [4.78, 5) is 8.28. The molecule has 0 radical (unpaired) electrons. The van der Waals surface area contributed by atoms with Gasteiger partial charge < -0.3 is 0 Å². The van der Waals surface area contributed by atoms with Crippen molar-refractivity contribution in [3.63, 3.8) is 0 Å². The van der Waals surface area contributed by atoms with Crippen molar-refractivity contribution in [3.05, 3.63) is 58.9 Å². The molecule has 82 valence electrons. The molecule has 0 aliphatic heterocycles. The van der Waals surface area contributed by atoms with Crippen LogP contribution in [0.4, 0.5) is 4.39 Å². The maximum atomic E-state index is 13.3. The molecule has 0 aliphatic rings. The third-order valence-electron chi connectivity index (χ3n) is 2.57. The molecule has 0 aromatic carbocycles. The average molecular weight is 216 g/mol. The molecule has 0 saturated carbocycles. The fraction of sp³-hybridized carbons (Fsp3) is 0.231. The molecule has 0 fully saturated rings. The number of rotatable bonds is 2. The van der Waals surface area contributed by atoms with E-state index in [1.54, 1.807) is 19.3 Å². The zero-order valence-electron chi connectivity index (χ0n) is 9.37. The van der Waals surface area contributed by atoms with Gasteiger partial charge in [0, 0.05) is 24.5 Å². The van der Waals surface area contributed by atoms with Crippen molar-refractivity contribution in [2.75, 3.05) is 0 Å². The van der Waals surface area contributed by atoms with Crippen LogP contribution in [-0.2, 0) is 6.42 Å². The molecule has 0 aliphatic carbocycles. The van der Waals surface area contributed by atoms with Gasteiger partial charge in [0.2, 0.25) is 0 Å². The quantitative estimate of drug-likeness (QED) is 0.771. The first kappa shape index (κ1) is 10.7. The topological polar surface area (TPSA) is 25.8 Å². The summed E-state index contributed by atoms with van der Waals surface area (Å²) in [5.41, 5.74) is 3.36. The fourth-order valence-corrected chi connectivity index (χ4v) is 1.54. The minimum Gasteiger partial charge on any atom is -0.261 e. The highest BCUT2D eigenvalue weighted by Gasteiger charge is 2.04. The van der Waals surface area contributed by atoms with Gasteiger partial charge in [0.05, 0.1) is 5.69 Å². The SMILES string of the molecule is Cc1cccnc1Cc1cnc(C)c(F)c1. The van der Waals surface area contributed by atoms with E-state index in [9.17, 15) is 4.39 Å². The minimum absolute atomic E-state index is 0.258. The van der Waals surface area contributed by atoms with Crippen LogP contribution in [0.1, 0.15) is 22.5 Å². The lowest BCUT2D eigenvalue weighted by Gasteiger charge is -2.05. The van der Waals surface area contributed by atoms with Crippen molar-refractivity contribution in [3.8, 4) is 0 Å². The molecule has 2 rings (SSSR count). The van der Waals surface area contributed by atoms with Crippen LogP contribution in [0.25, 0.3) is 0 Å². The van der Waals surface area contributed by atoms with E-state index in [1.807, 2.05) is 19.1 Å². The van der Waals surface area contributed by atoms with Gasteiger partial charge in [-0.1, -0.05) is 6.07 Å². The number of pyridine rings is 2. The molecule has 0 atom stereocenters. The molecule has 0 saturated heterocycles. The van der Waals surface area contributed by atoms with Crippen LogP contribution in [-0.4, -0.2) is 9.97 Å². The van der Waals surface area contributed by atoms with Crippen LogP contribution in [0, 0.1) is 19.7 Å². The maximum Gasteiger partial charge on any atom is 0.144 e. The molecule has 2 aromatic heterocycles. The fourth-order valence-electron chi connectivity index (χ4n) is 1.54. The van der Waals surface area contributed by atoms with E-state index in [1.165, 1.54) is 6.07 Å². The molecular formula is C13H13FN2. The molecule has 0 bridgehead atoms. The Hall–Kier alpha value is -1.77. The number of aromatic nitrogens is 2. The summed E-state index contributed by atoms with van der Waals surface area (Å²) in [7, 11) is 0. The van der Waals surface area contributed by atoms with E-state index < -0.39 is 0 Å². The highest BCUT2D eigenvalue weighted by molar-refractivity contribution is 5.26. The number of nitrogens with zero attached hydrogens (tertiary/aromatic N) is 2. The van der Waals surface area contributed by atoms with Crippen LogP contribution in [0.15, 0.2) is 30.6 Å². The number of hydrogen-bond acceptors (Lipinski definition) is 2. The van der Waals surface area contributed by atoms with Gasteiger partial charge in [-0.3, -0.25) is 9.97 Å². The Balaban J connectivity index is 2.28. The second-order valence-electron chi connectivity index (χ2n) is 3.85. The van der Waals surface area contributed by atoms with Gasteiger partial charge >= 0.3 is 0 Å². The van der Waals surface area contributed by atoms with Crippen LogP contribution in [0.5, 0.6) is 0 Å². The summed E-state index contributed by atoms with van der Waals surface area (Å²) >= 11 is 0. The molecule has 2 nitrogen and oxygen atoms in total. The Kier molecular flexibility index (Phi) is 2.95. The van der Waals surface area contributed by atoms with Gasteiger partial charge in [-0.25, -0.2) is 4.39 Å². The zero-order valence-corrected chi connectivity index (χ0v) is 9.37. The number of halogens is 1. The normalized spacial score (nSPS) is 10.4. The van der Waals surface area contributed by atoms with E-state index in [4.69, 9.17) is 0 Å². The Morgan fingerprint density at radius 2 is 2.06 bits per heavy atom. The van der Waals surface area contributed by atoms with Crippen molar-refractivity contribution in [1.29, 1.82) is 0 Å². The molecule has 0 N–H and O–H groups in total. The van der Waals surface area contributed by atoms with E-state index >= 15 is 0 Å². The van der Waals surface area contributed by atoms with Crippen molar-refractivity contribution in [1.82, 2.24) is 9.97 Å². The van der Waals surface area contributed by atoms with Crippen LogP contribution < -0.4 is 0 Å². The largest absolute Gasteiger partial charge is 0.261 e. The summed E-state index contributed by atoms with van der Waals surface area (Å²) in [5.74, 6) is -0.258. The van der Waals surface area contributed by atoms with Gasteiger partial charge in [0.25, 0.3) is 0 Å². The van der Waals surface area contributed by atoms with Crippen LogP contribution >= 0.6 is 0 Å². The standard InChI is InChI=1S/C13H13FN2/c1-9-4-3-5-15-13(9)7-11-6-12(14)10(2)16-8-11/h3-6,8H,7H2,1-2H3. The van der Waals surface area contributed by atoms with Crippen molar-refractivity contribution in [2.45, 2.75) is 20.3 Å². The molecular weight excluding hydrogens is 203 g/mol. The molecule has 0 spiro atoms. The molecule has 16 heavy (non-hydrogen) atoms. The molecule has 0 unspecified atom stereocenters. The Morgan fingerprint density at radius 3 is 2.75 bits per heavy atom. The van der Waals surface area contributed by atoms with Crippen LogP contribution in [0.2, 0.25) is 0 Å². The van der Waals surface area contributed by atoms with Crippen molar-refractivity contribution in [2.24, 2.45) is 0 Å². The number of aryl methyl sites for hydroxylation is 2. The van der Waals surface area contributed by atoms with E-state index in [-0.39, 0.29) is 5.82 Å². The van der Waals surface area contributed by atoms with E-state index in [2.05, 4.69) is 9.97 Å². The molecule has 2 aromatic rings. The van der Waals surface area contributed by atoms with Crippen LogP contribution in [0.3, 0.4) is 0 Å². The van der Waals surface area contributed by atoms with Gasteiger partial charge in [0.1, 0.15) is 5.82 Å². The zero-order chi connectivity index (χ0) is 11.5. The van der Waals surface area contributed by atoms with Crippen molar-refractivity contribution >= 4 is 0 Å². The summed E-state index contributed by atoms with van der Waals surface area (Å²) in [5, 5.41) is 0. The smallest absolute Gasteiger partial charge is 0.144 e. The lowest BCUT2D eigenvalue weighted by Crippen LogP contribution is -1.98. The predicted octanol–water partition coefficient (Wildman–Crippen LogP) is 2.82. The predicted molar refractivity (Wildman–Crippen MR) is 60.7 cm³/mol. The monoisotopic (exact) mass is 216 g/mol. The molecule has 0 amide bonds. The van der Waals surface area contributed by atoms with E-state index in [0.717, 1.165) is 16.8 Å². The lowest BCUT2D eigenvalue weighted by molar-refractivity contribution is 0.607.